The van der Waals surface area contributed by atoms with Gasteiger partial charge in [-0.3, -0.25) is 0 Å². The monoisotopic (exact) mass is 174 g/mol. The third-order valence-corrected chi connectivity index (χ3v) is 2.72. The van der Waals surface area contributed by atoms with E-state index in [-0.39, 0.29) is 0 Å². The molecule has 50 valence electrons. The van der Waals surface area contributed by atoms with Gasteiger partial charge in [0.05, 0.1) is 6.61 Å². The highest BCUT2D eigenvalue weighted by Gasteiger charge is 2.10. The standard InChI is InChI=1S/C2H7O3PS2/c1-2-4-6(3,8)5-7/h7H,2H2,1H3,(H,3,8). The maximum Gasteiger partial charge on any atom is 0.335 e. The minimum absolute atomic E-state index is 0.342. The van der Waals surface area contributed by atoms with Gasteiger partial charge >= 0.3 is 6.72 Å². The van der Waals surface area contributed by atoms with Crippen molar-refractivity contribution in [2.24, 2.45) is 0 Å². The normalized spacial score (nSPS) is 17.9. The molecule has 6 heteroatoms. The van der Waals surface area contributed by atoms with Crippen LogP contribution in [-0.2, 0) is 20.3 Å². The first-order chi connectivity index (χ1) is 3.62. The van der Waals surface area contributed by atoms with Crippen LogP contribution in [0.3, 0.4) is 0 Å². The van der Waals surface area contributed by atoms with Crippen molar-refractivity contribution in [1.82, 2.24) is 0 Å². The quantitative estimate of drug-likeness (QED) is 0.382. The second-order valence-electron chi connectivity index (χ2n) is 0.968. The van der Waals surface area contributed by atoms with Crippen molar-refractivity contribution < 1.29 is 13.4 Å². The van der Waals surface area contributed by atoms with Gasteiger partial charge in [0, 0.05) is 0 Å². The van der Waals surface area contributed by atoms with Crippen LogP contribution >= 0.6 is 19.6 Å². The number of hydrogen-bond donors (Lipinski definition) is 2. The Hall–Kier alpha value is 0.880. The second kappa shape index (κ2) is 3.82. The van der Waals surface area contributed by atoms with Gasteiger partial charge in [-0.1, -0.05) is 0 Å². The van der Waals surface area contributed by atoms with Crippen molar-refractivity contribution in [3.8, 4) is 0 Å². The molecule has 0 saturated heterocycles. The first-order valence-electron chi connectivity index (χ1n) is 1.93. The molecule has 8 heavy (non-hydrogen) atoms. The fraction of sp³-hybridized carbons (Fsp3) is 1.00. The molecule has 0 aromatic heterocycles. The SMILES string of the molecule is CCOP(O)(=S)OS. The molecule has 0 spiro atoms. The van der Waals surface area contributed by atoms with Gasteiger partial charge in [0.15, 0.2) is 0 Å². The highest BCUT2D eigenvalue weighted by molar-refractivity contribution is 8.09. The summed E-state index contributed by atoms with van der Waals surface area (Å²) >= 11 is 7.69. The lowest BCUT2D eigenvalue weighted by Crippen LogP contribution is -1.85. The Morgan fingerprint density at radius 3 is 2.50 bits per heavy atom. The molecule has 3 nitrogen and oxygen atoms in total. The summed E-state index contributed by atoms with van der Waals surface area (Å²) in [6.07, 6.45) is 0. The van der Waals surface area contributed by atoms with Gasteiger partial charge < -0.3 is 9.42 Å². The van der Waals surface area contributed by atoms with Gasteiger partial charge in [0.25, 0.3) is 0 Å². The first kappa shape index (κ1) is 8.88. The van der Waals surface area contributed by atoms with Crippen LogP contribution in [0, 0.1) is 0 Å². The number of rotatable bonds is 3. The molecule has 0 aromatic carbocycles. The van der Waals surface area contributed by atoms with E-state index < -0.39 is 6.72 Å². The summed E-state index contributed by atoms with van der Waals surface area (Å²) in [5, 5.41) is 0. The Balaban J connectivity index is 3.55. The van der Waals surface area contributed by atoms with Crippen LogP contribution in [0.25, 0.3) is 0 Å². The van der Waals surface area contributed by atoms with Crippen LogP contribution in [0.4, 0.5) is 0 Å². The summed E-state index contributed by atoms with van der Waals surface area (Å²) in [6.45, 7) is -0.922. The minimum atomic E-state index is -2.98. The molecule has 0 rings (SSSR count). The average molecular weight is 174 g/mol. The smallest absolute Gasteiger partial charge is 0.324 e. The molecule has 0 aromatic rings. The maximum atomic E-state index is 8.73. The molecule has 1 unspecified atom stereocenters. The van der Waals surface area contributed by atoms with Gasteiger partial charge in [0.1, 0.15) is 0 Å². The van der Waals surface area contributed by atoms with Crippen LogP contribution in [-0.4, -0.2) is 11.5 Å². The van der Waals surface area contributed by atoms with E-state index in [0.717, 1.165) is 0 Å². The zero-order valence-electron chi connectivity index (χ0n) is 4.27. The van der Waals surface area contributed by atoms with E-state index in [1.165, 1.54) is 0 Å². The largest absolute Gasteiger partial charge is 0.335 e. The highest BCUT2D eigenvalue weighted by Crippen LogP contribution is 2.44. The summed E-state index contributed by atoms with van der Waals surface area (Å²) in [5.74, 6) is 0. The van der Waals surface area contributed by atoms with E-state index in [1.807, 2.05) is 0 Å². The zero-order valence-corrected chi connectivity index (χ0v) is 6.88. The summed E-state index contributed by atoms with van der Waals surface area (Å²) in [6, 6.07) is 0. The summed E-state index contributed by atoms with van der Waals surface area (Å²) in [7, 11) is 0. The third-order valence-electron chi connectivity index (χ3n) is 0.395. The molecule has 0 fully saturated rings. The molecule has 0 amide bonds. The van der Waals surface area contributed by atoms with Gasteiger partial charge in [-0.25, -0.2) is 3.97 Å². The van der Waals surface area contributed by atoms with Crippen molar-refractivity contribution >= 4 is 31.4 Å². The fourth-order valence-corrected chi connectivity index (χ4v) is 1.02. The zero-order chi connectivity index (χ0) is 6.62. The topological polar surface area (TPSA) is 38.7 Å². The van der Waals surface area contributed by atoms with Crippen molar-refractivity contribution in [1.29, 1.82) is 0 Å². The van der Waals surface area contributed by atoms with Crippen molar-refractivity contribution in [2.75, 3.05) is 6.61 Å². The number of thiol groups is 1. The van der Waals surface area contributed by atoms with Crippen LogP contribution in [0.15, 0.2) is 0 Å². The van der Waals surface area contributed by atoms with Gasteiger partial charge in [-0.2, -0.15) is 0 Å². The molecule has 0 aliphatic rings. The Morgan fingerprint density at radius 1 is 1.88 bits per heavy atom. The van der Waals surface area contributed by atoms with Crippen LogP contribution in [0.1, 0.15) is 6.92 Å². The summed E-state index contributed by atoms with van der Waals surface area (Å²) < 4.78 is 8.69. The molecule has 0 heterocycles. The molecule has 0 aliphatic carbocycles. The first-order valence-corrected chi connectivity index (χ1v) is 4.88. The summed E-state index contributed by atoms with van der Waals surface area (Å²) in [4.78, 5) is 8.73. The predicted octanol–water partition coefficient (Wildman–Crippen LogP) is 1.10. The molecule has 1 N–H and O–H groups in total. The highest BCUT2D eigenvalue weighted by atomic mass is 32.5. The van der Waals surface area contributed by atoms with Crippen molar-refractivity contribution in [3.05, 3.63) is 0 Å². The van der Waals surface area contributed by atoms with Crippen LogP contribution in [0.2, 0.25) is 0 Å². The van der Waals surface area contributed by atoms with Gasteiger partial charge in [0.2, 0.25) is 0 Å². The second-order valence-corrected chi connectivity index (χ2v) is 4.20. The van der Waals surface area contributed by atoms with Crippen LogP contribution in [0.5, 0.6) is 0 Å². The third kappa shape index (κ3) is 3.83. The maximum absolute atomic E-state index is 8.73. The molecular formula is C2H7O3PS2. The Labute approximate surface area is 58.9 Å². The van der Waals surface area contributed by atoms with E-state index >= 15 is 0 Å². The van der Waals surface area contributed by atoms with Gasteiger partial charge in [-0.15, -0.1) is 0 Å². The lowest BCUT2D eigenvalue weighted by atomic mass is 10.9. The van der Waals surface area contributed by atoms with E-state index in [1.54, 1.807) is 6.92 Å². The minimum Gasteiger partial charge on any atom is -0.324 e. The molecule has 1 atom stereocenters. The van der Waals surface area contributed by atoms with E-state index in [9.17, 15) is 0 Å². The van der Waals surface area contributed by atoms with E-state index in [2.05, 4.69) is 33.2 Å². The lowest BCUT2D eigenvalue weighted by molar-refractivity contribution is 0.282. The van der Waals surface area contributed by atoms with E-state index in [0.29, 0.717) is 6.61 Å². The Kier molecular flexibility index (Phi) is 4.24. The van der Waals surface area contributed by atoms with E-state index in [4.69, 9.17) is 4.89 Å². The summed E-state index contributed by atoms with van der Waals surface area (Å²) in [5.41, 5.74) is 0. The predicted molar refractivity (Wildman–Crippen MR) is 38.2 cm³/mol. The molecule has 0 bridgehead atoms. The van der Waals surface area contributed by atoms with Crippen molar-refractivity contribution in [2.45, 2.75) is 6.92 Å². The molecule has 0 saturated carbocycles. The van der Waals surface area contributed by atoms with Crippen molar-refractivity contribution in [3.63, 3.8) is 0 Å². The molecular weight excluding hydrogens is 167 g/mol. The lowest BCUT2D eigenvalue weighted by Gasteiger charge is -2.08. The van der Waals surface area contributed by atoms with Crippen LogP contribution < -0.4 is 0 Å². The Morgan fingerprint density at radius 2 is 2.38 bits per heavy atom. The Bertz CT molecular complexity index is 105. The fourth-order valence-electron chi connectivity index (χ4n) is 0.187. The molecule has 0 radical (unpaired) electrons. The average Bonchev–Trinajstić information content (AvgIpc) is 1.67. The van der Waals surface area contributed by atoms with Gasteiger partial charge in [-0.05, 0) is 31.6 Å². The number of hydrogen-bond acceptors (Lipinski definition) is 4. The molecule has 0 aliphatic heterocycles.